The van der Waals surface area contributed by atoms with Crippen molar-refractivity contribution in [2.24, 2.45) is 0 Å². The van der Waals surface area contributed by atoms with E-state index in [1.54, 1.807) is 53.4 Å². The third-order valence-corrected chi connectivity index (χ3v) is 6.45. The van der Waals surface area contributed by atoms with E-state index in [1.165, 1.54) is 7.11 Å². The number of furan rings is 1. The van der Waals surface area contributed by atoms with Crippen molar-refractivity contribution in [3.05, 3.63) is 124 Å². The summed E-state index contributed by atoms with van der Waals surface area (Å²) in [6.45, 7) is 0. The maximum atomic E-state index is 13.6. The van der Waals surface area contributed by atoms with E-state index in [2.05, 4.69) is 0 Å². The molecular formula is C29H19Cl2NO4. The Balaban J connectivity index is 1.54. The van der Waals surface area contributed by atoms with Crippen LogP contribution in [0.15, 0.2) is 101 Å². The predicted molar refractivity (Wildman–Crippen MR) is 142 cm³/mol. The van der Waals surface area contributed by atoms with Gasteiger partial charge >= 0.3 is 5.97 Å². The standard InChI is InChI=1S/C29H19Cl2NO4/c1-35-29(34)20-8-5-9-22(14-20)32-26(18-6-3-2-4-7-18)17-21(28(32)33)15-23-11-13-27(36-23)19-10-12-24(30)25(31)16-19/h2-17H,1H3. The number of benzene rings is 3. The van der Waals surface area contributed by atoms with Gasteiger partial charge in [-0.05, 0) is 66.2 Å². The lowest BCUT2D eigenvalue weighted by molar-refractivity contribution is -0.113. The van der Waals surface area contributed by atoms with Crippen LogP contribution < -0.4 is 4.90 Å². The van der Waals surface area contributed by atoms with E-state index >= 15 is 0 Å². The van der Waals surface area contributed by atoms with Crippen LogP contribution >= 0.6 is 23.2 Å². The van der Waals surface area contributed by atoms with Gasteiger partial charge in [0.25, 0.3) is 5.91 Å². The second kappa shape index (κ2) is 9.90. The summed E-state index contributed by atoms with van der Waals surface area (Å²) in [4.78, 5) is 27.3. The van der Waals surface area contributed by atoms with Crippen LogP contribution in [0.3, 0.4) is 0 Å². The zero-order valence-electron chi connectivity index (χ0n) is 19.1. The molecule has 0 radical (unpaired) electrons. The van der Waals surface area contributed by atoms with Crippen molar-refractivity contribution in [3.63, 3.8) is 0 Å². The molecular weight excluding hydrogens is 497 g/mol. The van der Waals surface area contributed by atoms with E-state index in [0.29, 0.717) is 44.1 Å². The molecule has 0 aliphatic carbocycles. The first kappa shape index (κ1) is 23.7. The Morgan fingerprint density at radius 3 is 2.44 bits per heavy atom. The van der Waals surface area contributed by atoms with Gasteiger partial charge in [0.05, 0.1) is 34.1 Å². The molecule has 0 atom stereocenters. The zero-order valence-corrected chi connectivity index (χ0v) is 20.6. The Bertz CT molecular complexity index is 1540. The lowest BCUT2D eigenvalue weighted by Crippen LogP contribution is -2.25. The van der Waals surface area contributed by atoms with Crippen LogP contribution in [-0.4, -0.2) is 19.0 Å². The predicted octanol–water partition coefficient (Wildman–Crippen LogP) is 7.51. The summed E-state index contributed by atoms with van der Waals surface area (Å²) >= 11 is 12.2. The third kappa shape index (κ3) is 4.59. The highest BCUT2D eigenvalue weighted by Crippen LogP contribution is 2.36. The molecule has 0 fully saturated rings. The van der Waals surface area contributed by atoms with Gasteiger partial charge in [-0.1, -0.05) is 59.6 Å². The number of methoxy groups -OCH3 is 1. The van der Waals surface area contributed by atoms with E-state index in [0.717, 1.165) is 11.1 Å². The quantitative estimate of drug-likeness (QED) is 0.204. The second-order valence-corrected chi connectivity index (χ2v) is 8.82. The van der Waals surface area contributed by atoms with Crippen LogP contribution in [0.25, 0.3) is 23.1 Å². The Labute approximate surface area is 217 Å². The molecule has 1 aromatic heterocycles. The smallest absolute Gasteiger partial charge is 0.337 e. The van der Waals surface area contributed by atoms with Gasteiger partial charge in [0.1, 0.15) is 11.5 Å². The second-order valence-electron chi connectivity index (χ2n) is 8.01. The minimum absolute atomic E-state index is 0.247. The Morgan fingerprint density at radius 1 is 0.889 bits per heavy atom. The van der Waals surface area contributed by atoms with E-state index in [4.69, 9.17) is 32.4 Å². The van der Waals surface area contributed by atoms with Crippen molar-refractivity contribution >= 4 is 52.5 Å². The first-order valence-corrected chi connectivity index (χ1v) is 11.8. The average molecular weight is 516 g/mol. The molecule has 1 aliphatic rings. The van der Waals surface area contributed by atoms with Gasteiger partial charge in [-0.25, -0.2) is 4.79 Å². The Kier molecular flexibility index (Phi) is 6.51. The summed E-state index contributed by atoms with van der Waals surface area (Å²) in [6, 6.07) is 25.2. The minimum Gasteiger partial charge on any atom is -0.465 e. The fourth-order valence-corrected chi connectivity index (χ4v) is 4.27. The van der Waals surface area contributed by atoms with Gasteiger partial charge in [-0.2, -0.15) is 0 Å². The van der Waals surface area contributed by atoms with Gasteiger partial charge in [0.2, 0.25) is 0 Å². The van der Waals surface area contributed by atoms with Crippen molar-refractivity contribution in [2.45, 2.75) is 0 Å². The van der Waals surface area contributed by atoms with Crippen LogP contribution in [0.1, 0.15) is 21.7 Å². The molecule has 36 heavy (non-hydrogen) atoms. The molecule has 0 N–H and O–H groups in total. The summed E-state index contributed by atoms with van der Waals surface area (Å²) in [5.41, 5.74) is 3.65. The third-order valence-electron chi connectivity index (χ3n) is 5.71. The number of rotatable bonds is 5. The van der Waals surface area contributed by atoms with Crippen molar-refractivity contribution in [1.82, 2.24) is 0 Å². The molecule has 0 bridgehead atoms. The molecule has 0 spiro atoms. The average Bonchev–Trinajstić information content (AvgIpc) is 3.50. The van der Waals surface area contributed by atoms with Crippen LogP contribution in [0.5, 0.6) is 0 Å². The molecule has 2 heterocycles. The fourth-order valence-electron chi connectivity index (χ4n) is 3.97. The summed E-state index contributed by atoms with van der Waals surface area (Å²) in [7, 11) is 1.32. The molecule has 4 aromatic rings. The van der Waals surface area contributed by atoms with Gasteiger partial charge in [-0.15, -0.1) is 0 Å². The van der Waals surface area contributed by atoms with Gasteiger partial charge in [0.15, 0.2) is 0 Å². The molecule has 0 saturated carbocycles. The number of halogens is 2. The van der Waals surface area contributed by atoms with Gasteiger partial charge in [0, 0.05) is 11.1 Å². The largest absolute Gasteiger partial charge is 0.465 e. The maximum absolute atomic E-state index is 13.6. The van der Waals surface area contributed by atoms with Crippen LogP contribution in [0.2, 0.25) is 10.0 Å². The number of anilines is 1. The molecule has 178 valence electrons. The highest BCUT2D eigenvalue weighted by atomic mass is 35.5. The van der Waals surface area contributed by atoms with E-state index in [1.807, 2.05) is 48.5 Å². The number of carbonyl (C=O) groups excluding carboxylic acids is 2. The van der Waals surface area contributed by atoms with Crippen molar-refractivity contribution in [2.75, 3.05) is 12.0 Å². The molecule has 3 aromatic carbocycles. The van der Waals surface area contributed by atoms with Gasteiger partial charge < -0.3 is 9.15 Å². The molecule has 1 aliphatic heterocycles. The highest BCUT2D eigenvalue weighted by Gasteiger charge is 2.31. The summed E-state index contributed by atoms with van der Waals surface area (Å²) < 4.78 is 10.8. The molecule has 5 rings (SSSR count). The minimum atomic E-state index is -0.477. The SMILES string of the molecule is COC(=O)c1cccc(N2C(=O)C(=Cc3ccc(-c4ccc(Cl)c(Cl)c4)o3)C=C2c2ccccc2)c1. The fraction of sp³-hybridized carbons (Fsp3) is 0.0345. The Morgan fingerprint density at radius 2 is 1.69 bits per heavy atom. The monoisotopic (exact) mass is 515 g/mol. The lowest BCUT2D eigenvalue weighted by Gasteiger charge is -2.21. The molecule has 1 amide bonds. The zero-order chi connectivity index (χ0) is 25.2. The summed E-state index contributed by atoms with van der Waals surface area (Å²) in [5.74, 6) is 0.382. The Hall–Kier alpha value is -4.06. The first-order valence-electron chi connectivity index (χ1n) is 11.0. The summed E-state index contributed by atoms with van der Waals surface area (Å²) in [5, 5.41) is 0.887. The van der Waals surface area contributed by atoms with Gasteiger partial charge in [-0.3, -0.25) is 9.69 Å². The molecule has 7 heteroatoms. The number of nitrogens with zero attached hydrogens (tertiary/aromatic N) is 1. The summed E-state index contributed by atoms with van der Waals surface area (Å²) in [6.07, 6.45) is 3.50. The molecule has 0 saturated heterocycles. The van der Waals surface area contributed by atoms with Crippen molar-refractivity contribution < 1.29 is 18.7 Å². The topological polar surface area (TPSA) is 59.8 Å². The first-order chi connectivity index (χ1) is 17.4. The van der Waals surface area contributed by atoms with E-state index < -0.39 is 5.97 Å². The normalized spacial score (nSPS) is 14.3. The van der Waals surface area contributed by atoms with E-state index in [-0.39, 0.29) is 5.91 Å². The van der Waals surface area contributed by atoms with Crippen molar-refractivity contribution in [3.8, 4) is 11.3 Å². The van der Waals surface area contributed by atoms with Crippen LogP contribution in [-0.2, 0) is 9.53 Å². The number of esters is 1. The highest BCUT2D eigenvalue weighted by molar-refractivity contribution is 6.42. The number of hydrogen-bond donors (Lipinski definition) is 0. The maximum Gasteiger partial charge on any atom is 0.337 e. The number of carbonyl (C=O) groups is 2. The van der Waals surface area contributed by atoms with E-state index in [9.17, 15) is 9.59 Å². The number of ether oxygens (including phenoxy) is 1. The number of hydrogen-bond acceptors (Lipinski definition) is 4. The number of amides is 1. The molecule has 5 nitrogen and oxygen atoms in total. The van der Waals surface area contributed by atoms with Crippen LogP contribution in [0, 0.1) is 0 Å². The lowest BCUT2D eigenvalue weighted by atomic mass is 10.1. The van der Waals surface area contributed by atoms with Crippen LogP contribution in [0.4, 0.5) is 5.69 Å². The van der Waals surface area contributed by atoms with Crippen molar-refractivity contribution in [1.29, 1.82) is 0 Å². The molecule has 0 unspecified atom stereocenters.